The van der Waals surface area contributed by atoms with Crippen LogP contribution < -0.4 is 5.32 Å². The smallest absolute Gasteiger partial charge is 0.0368 e. The summed E-state index contributed by atoms with van der Waals surface area (Å²) in [6.07, 6.45) is 12.3. The van der Waals surface area contributed by atoms with Crippen LogP contribution in [0.2, 0.25) is 0 Å². The van der Waals surface area contributed by atoms with Crippen molar-refractivity contribution in [1.82, 2.24) is 5.32 Å². The lowest BCUT2D eigenvalue weighted by Gasteiger charge is -1.94. The maximum absolute atomic E-state index is 4.30. The van der Waals surface area contributed by atoms with Crippen molar-refractivity contribution < 1.29 is 0 Å². The normalized spacial score (nSPS) is 13.8. The summed E-state index contributed by atoms with van der Waals surface area (Å²) in [5, 5.41) is 2.99. The maximum Gasteiger partial charge on any atom is 0.0368 e. The molecule has 0 amide bonds. The van der Waals surface area contributed by atoms with Gasteiger partial charge in [-0.3, -0.25) is 4.99 Å². The largest absolute Gasteiger partial charge is 0.394 e. The molecule has 0 heterocycles. The van der Waals surface area contributed by atoms with Crippen molar-refractivity contribution in [2.24, 2.45) is 4.99 Å². The van der Waals surface area contributed by atoms with Crippen LogP contribution in [-0.2, 0) is 0 Å². The van der Waals surface area contributed by atoms with Gasteiger partial charge in [-0.15, -0.1) is 0 Å². The molecule has 2 nitrogen and oxygen atoms in total. The molecule has 0 unspecified atom stereocenters. The van der Waals surface area contributed by atoms with Crippen LogP contribution in [0, 0.1) is 0 Å². The highest BCUT2D eigenvalue weighted by Crippen LogP contribution is 1.98. The molecular weight excluding hydrogens is 184 g/mol. The van der Waals surface area contributed by atoms with E-state index in [1.165, 1.54) is 5.57 Å². The molecule has 1 N–H and O–H groups in total. The van der Waals surface area contributed by atoms with Crippen molar-refractivity contribution in [2.45, 2.75) is 20.3 Å². The fourth-order valence-corrected chi connectivity index (χ4v) is 0.955. The molecule has 0 fully saturated rings. The maximum atomic E-state index is 4.30. The van der Waals surface area contributed by atoms with E-state index in [2.05, 4.69) is 23.8 Å². The number of nitrogens with one attached hydrogen (secondary N) is 1. The Morgan fingerprint density at radius 1 is 1.33 bits per heavy atom. The molecule has 15 heavy (non-hydrogen) atoms. The molecule has 0 saturated carbocycles. The number of hydrogen-bond donors (Lipinski definition) is 1. The van der Waals surface area contributed by atoms with Gasteiger partial charge in [0.25, 0.3) is 0 Å². The van der Waals surface area contributed by atoms with Crippen LogP contribution in [0.25, 0.3) is 0 Å². The van der Waals surface area contributed by atoms with Gasteiger partial charge in [0.2, 0.25) is 0 Å². The van der Waals surface area contributed by atoms with Crippen molar-refractivity contribution in [3.8, 4) is 0 Å². The molecule has 2 heteroatoms. The van der Waals surface area contributed by atoms with Gasteiger partial charge in [0.1, 0.15) is 0 Å². The summed E-state index contributed by atoms with van der Waals surface area (Å²) in [4.78, 5) is 4.30. The van der Waals surface area contributed by atoms with Gasteiger partial charge in [-0.2, -0.15) is 0 Å². The number of allylic oxidation sites excluding steroid dienone is 6. The van der Waals surface area contributed by atoms with Gasteiger partial charge in [-0.25, -0.2) is 0 Å². The van der Waals surface area contributed by atoms with Gasteiger partial charge >= 0.3 is 0 Å². The van der Waals surface area contributed by atoms with Crippen molar-refractivity contribution >= 4 is 6.21 Å². The van der Waals surface area contributed by atoms with E-state index in [9.17, 15) is 0 Å². The number of nitrogens with zero attached hydrogens (tertiary/aromatic N) is 1. The second-order valence-corrected chi connectivity index (χ2v) is 3.22. The summed E-state index contributed by atoms with van der Waals surface area (Å²) in [6, 6.07) is 0. The molecule has 0 aromatic rings. The second kappa shape index (κ2) is 9.00. The van der Waals surface area contributed by atoms with E-state index in [0.29, 0.717) is 0 Å². The van der Waals surface area contributed by atoms with Crippen LogP contribution in [0.4, 0.5) is 0 Å². The van der Waals surface area contributed by atoms with Crippen LogP contribution in [0.15, 0.2) is 53.3 Å². The lowest BCUT2D eigenvalue weighted by Crippen LogP contribution is -1.94. The summed E-state index contributed by atoms with van der Waals surface area (Å²) >= 11 is 0. The van der Waals surface area contributed by atoms with Crippen molar-refractivity contribution in [3.63, 3.8) is 0 Å². The van der Waals surface area contributed by atoms with Gasteiger partial charge in [-0.1, -0.05) is 30.4 Å². The Bertz CT molecular complexity index is 294. The Morgan fingerprint density at radius 2 is 2.07 bits per heavy atom. The van der Waals surface area contributed by atoms with Crippen molar-refractivity contribution in [3.05, 3.63) is 48.4 Å². The molecule has 0 aliphatic rings. The first-order valence-corrected chi connectivity index (χ1v) is 5.02. The van der Waals surface area contributed by atoms with E-state index in [0.717, 1.165) is 12.1 Å². The molecule has 0 aromatic carbocycles. The zero-order chi connectivity index (χ0) is 11.5. The van der Waals surface area contributed by atoms with Gasteiger partial charge in [0.15, 0.2) is 0 Å². The monoisotopic (exact) mass is 204 g/mol. The molecule has 0 aromatic heterocycles. The fourth-order valence-electron chi connectivity index (χ4n) is 0.955. The standard InChI is InChI=1S/C13H20N2/c1-5-6-7-8-13(3)15-10-9-12(2)11-14-4/h5-8,10-11,14H,1,9H2,2-4H3/b7-6-,12-11+,13-8+,15-10-. The summed E-state index contributed by atoms with van der Waals surface area (Å²) in [5.41, 5.74) is 2.25. The lowest BCUT2D eigenvalue weighted by molar-refractivity contribution is 1.06. The second-order valence-electron chi connectivity index (χ2n) is 3.22. The molecule has 0 bridgehead atoms. The Morgan fingerprint density at radius 3 is 2.67 bits per heavy atom. The minimum Gasteiger partial charge on any atom is -0.394 e. The van der Waals surface area contributed by atoms with E-state index in [1.807, 2.05) is 44.6 Å². The molecule has 0 rings (SSSR count). The fraction of sp³-hybridized carbons (Fsp3) is 0.308. The van der Waals surface area contributed by atoms with E-state index < -0.39 is 0 Å². The van der Waals surface area contributed by atoms with Gasteiger partial charge in [-0.05, 0) is 26.1 Å². The van der Waals surface area contributed by atoms with Crippen molar-refractivity contribution in [2.75, 3.05) is 7.05 Å². The average Bonchev–Trinajstić information content (AvgIpc) is 2.18. The third-order valence-electron chi connectivity index (χ3n) is 1.68. The summed E-state index contributed by atoms with van der Waals surface area (Å²) in [6.45, 7) is 7.64. The zero-order valence-electron chi connectivity index (χ0n) is 9.83. The highest BCUT2D eigenvalue weighted by atomic mass is 14.8. The van der Waals surface area contributed by atoms with Gasteiger partial charge in [0.05, 0.1) is 0 Å². The van der Waals surface area contributed by atoms with Crippen molar-refractivity contribution in [1.29, 1.82) is 0 Å². The first kappa shape index (κ1) is 13.4. The topological polar surface area (TPSA) is 24.4 Å². The SMILES string of the molecule is C=C\C=C/C=C(C)/N=C\C/C(C)=C/NC. The third-order valence-corrected chi connectivity index (χ3v) is 1.68. The molecule has 0 aliphatic carbocycles. The molecule has 82 valence electrons. The molecule has 0 radical (unpaired) electrons. The molecule has 0 atom stereocenters. The minimum absolute atomic E-state index is 0.872. The highest BCUT2D eigenvalue weighted by molar-refractivity contribution is 5.62. The molecule has 0 aliphatic heterocycles. The lowest BCUT2D eigenvalue weighted by atomic mass is 10.2. The predicted molar refractivity (Wildman–Crippen MR) is 69.0 cm³/mol. The highest BCUT2D eigenvalue weighted by Gasteiger charge is 1.84. The van der Waals surface area contributed by atoms with E-state index in [-0.39, 0.29) is 0 Å². The Kier molecular flexibility index (Phi) is 8.06. The van der Waals surface area contributed by atoms with Gasteiger partial charge < -0.3 is 5.32 Å². The van der Waals surface area contributed by atoms with E-state index >= 15 is 0 Å². The van der Waals surface area contributed by atoms with Crippen LogP contribution in [0.5, 0.6) is 0 Å². The molecule has 0 saturated heterocycles. The first-order chi connectivity index (χ1) is 7.20. The summed E-state index contributed by atoms with van der Waals surface area (Å²) < 4.78 is 0. The minimum atomic E-state index is 0.872. The zero-order valence-corrected chi connectivity index (χ0v) is 9.83. The molecular formula is C13H20N2. The Balaban J connectivity index is 4.06. The van der Waals surface area contributed by atoms with Crippen LogP contribution in [0.1, 0.15) is 20.3 Å². The summed E-state index contributed by atoms with van der Waals surface area (Å²) in [5.74, 6) is 0. The van der Waals surface area contributed by atoms with E-state index in [4.69, 9.17) is 0 Å². The quantitative estimate of drug-likeness (QED) is 0.521. The number of aliphatic imine (C=N–C) groups is 1. The van der Waals surface area contributed by atoms with Crippen LogP contribution in [-0.4, -0.2) is 13.3 Å². The van der Waals surface area contributed by atoms with Crippen LogP contribution in [0.3, 0.4) is 0 Å². The number of hydrogen-bond acceptors (Lipinski definition) is 2. The summed E-state index contributed by atoms with van der Waals surface area (Å²) in [7, 11) is 1.89. The molecule has 0 spiro atoms. The van der Waals surface area contributed by atoms with Crippen LogP contribution >= 0.6 is 0 Å². The Hall–Kier alpha value is -1.57. The van der Waals surface area contributed by atoms with E-state index in [1.54, 1.807) is 6.08 Å². The first-order valence-electron chi connectivity index (χ1n) is 5.02. The number of rotatable bonds is 6. The third kappa shape index (κ3) is 8.75. The average molecular weight is 204 g/mol. The Labute approximate surface area is 92.8 Å². The predicted octanol–water partition coefficient (Wildman–Crippen LogP) is 3.22. The van der Waals surface area contributed by atoms with Gasteiger partial charge in [0, 0.05) is 25.4 Å².